The molecular formula is C16H15BrF3N3S. The van der Waals surface area contributed by atoms with Gasteiger partial charge in [-0.2, -0.15) is 13.2 Å². The lowest BCUT2D eigenvalue weighted by molar-refractivity contribution is -0.137. The summed E-state index contributed by atoms with van der Waals surface area (Å²) in [6.07, 6.45) is -4.40. The fraction of sp³-hybridized carbons (Fsp3) is 0.188. The monoisotopic (exact) mass is 417 g/mol. The van der Waals surface area contributed by atoms with Crippen molar-refractivity contribution in [3.63, 3.8) is 0 Å². The fourth-order valence-corrected chi connectivity index (χ4v) is 3.25. The Morgan fingerprint density at radius 1 is 1.21 bits per heavy atom. The number of nitrogens with zero attached hydrogens (tertiary/aromatic N) is 2. The molecule has 24 heavy (non-hydrogen) atoms. The minimum Gasteiger partial charge on any atom is -0.369 e. The van der Waals surface area contributed by atoms with Crippen molar-refractivity contribution in [1.82, 2.24) is 0 Å². The van der Waals surface area contributed by atoms with E-state index in [1.165, 1.54) is 11.0 Å². The number of rotatable bonds is 4. The van der Waals surface area contributed by atoms with Crippen LogP contribution in [0.1, 0.15) is 5.56 Å². The van der Waals surface area contributed by atoms with Gasteiger partial charge >= 0.3 is 6.18 Å². The lowest BCUT2D eigenvalue weighted by Crippen LogP contribution is -2.33. The van der Waals surface area contributed by atoms with Crippen LogP contribution in [0.4, 0.5) is 24.5 Å². The number of para-hydroxylation sites is 1. The molecule has 0 fully saturated rings. The minimum atomic E-state index is -4.40. The highest BCUT2D eigenvalue weighted by Gasteiger charge is 2.30. The quantitative estimate of drug-likeness (QED) is 0.320. The lowest BCUT2D eigenvalue weighted by atomic mass is 10.2. The van der Waals surface area contributed by atoms with E-state index in [1.807, 2.05) is 18.2 Å². The molecule has 2 N–H and O–H groups in total. The Labute approximate surface area is 150 Å². The van der Waals surface area contributed by atoms with Crippen LogP contribution < -0.4 is 10.6 Å². The Morgan fingerprint density at radius 2 is 1.92 bits per heavy atom. The number of hydrogen-bond acceptors (Lipinski definition) is 2. The number of hydrogen-bond donors (Lipinski definition) is 1. The van der Waals surface area contributed by atoms with E-state index < -0.39 is 11.7 Å². The van der Waals surface area contributed by atoms with E-state index in [4.69, 9.17) is 5.73 Å². The molecule has 0 atom stereocenters. The summed E-state index contributed by atoms with van der Waals surface area (Å²) < 4.78 is 39.2. The number of alkyl halides is 4. The van der Waals surface area contributed by atoms with Crippen molar-refractivity contribution in [2.45, 2.75) is 11.1 Å². The third-order valence-corrected chi connectivity index (χ3v) is 4.67. The maximum Gasteiger partial charge on any atom is 0.416 e. The third-order valence-electron chi connectivity index (χ3n) is 3.21. The van der Waals surface area contributed by atoms with Gasteiger partial charge in [0.25, 0.3) is 0 Å². The second-order valence-corrected chi connectivity index (χ2v) is 7.12. The summed E-state index contributed by atoms with van der Waals surface area (Å²) in [5.41, 5.74) is 6.23. The SMILES string of the molecule is CN(C(N)=Nc1ccccc1SCBr)c1cccc(C(F)(F)F)c1. The van der Waals surface area contributed by atoms with Crippen LogP contribution in [0, 0.1) is 0 Å². The summed E-state index contributed by atoms with van der Waals surface area (Å²) in [5.74, 6) is 0.108. The van der Waals surface area contributed by atoms with Crippen LogP contribution in [-0.2, 0) is 6.18 Å². The van der Waals surface area contributed by atoms with E-state index in [2.05, 4.69) is 20.9 Å². The van der Waals surface area contributed by atoms with Gasteiger partial charge < -0.3 is 10.6 Å². The first-order valence-corrected chi connectivity index (χ1v) is 8.96. The van der Waals surface area contributed by atoms with Crippen molar-refractivity contribution in [3.05, 3.63) is 54.1 Å². The van der Waals surface area contributed by atoms with Gasteiger partial charge in [-0.1, -0.05) is 34.1 Å². The fourth-order valence-electron chi connectivity index (χ4n) is 1.95. The van der Waals surface area contributed by atoms with Gasteiger partial charge in [0, 0.05) is 17.6 Å². The van der Waals surface area contributed by atoms with Crippen LogP contribution in [0.5, 0.6) is 0 Å². The van der Waals surface area contributed by atoms with Crippen molar-refractivity contribution >= 4 is 45.0 Å². The second kappa shape index (κ2) is 7.94. The molecule has 0 radical (unpaired) electrons. The van der Waals surface area contributed by atoms with Gasteiger partial charge in [-0.25, -0.2) is 4.99 Å². The first-order chi connectivity index (χ1) is 11.3. The molecule has 0 unspecified atom stereocenters. The normalized spacial score (nSPS) is 12.3. The second-order valence-electron chi connectivity index (χ2n) is 4.80. The van der Waals surface area contributed by atoms with E-state index >= 15 is 0 Å². The highest BCUT2D eigenvalue weighted by molar-refractivity contribution is 9.11. The Balaban J connectivity index is 2.31. The molecule has 2 aromatic rings. The number of halogens is 4. The maximum atomic E-state index is 12.8. The van der Waals surface area contributed by atoms with Crippen LogP contribution >= 0.6 is 27.7 Å². The number of guanidine groups is 1. The molecule has 0 bridgehead atoms. The predicted molar refractivity (Wildman–Crippen MR) is 97.2 cm³/mol. The molecule has 0 saturated heterocycles. The molecule has 2 aromatic carbocycles. The summed E-state index contributed by atoms with van der Waals surface area (Å²) in [6.45, 7) is 0. The Morgan fingerprint density at radius 3 is 2.58 bits per heavy atom. The van der Waals surface area contributed by atoms with Gasteiger partial charge in [0.05, 0.1) is 15.9 Å². The number of thioether (sulfide) groups is 1. The first kappa shape index (κ1) is 18.7. The molecule has 0 amide bonds. The molecule has 0 aromatic heterocycles. The molecule has 2 rings (SSSR count). The van der Waals surface area contributed by atoms with Gasteiger partial charge in [0.15, 0.2) is 0 Å². The Bertz CT molecular complexity index is 735. The maximum absolute atomic E-state index is 12.8. The zero-order valence-electron chi connectivity index (χ0n) is 12.7. The van der Waals surface area contributed by atoms with Gasteiger partial charge in [-0.15, -0.1) is 11.8 Å². The summed E-state index contributed by atoms with van der Waals surface area (Å²) in [5, 5.41) is 0. The van der Waals surface area contributed by atoms with Crippen LogP contribution in [-0.4, -0.2) is 17.7 Å². The van der Waals surface area contributed by atoms with Gasteiger partial charge in [-0.05, 0) is 30.3 Å². The number of benzene rings is 2. The van der Waals surface area contributed by atoms with Crippen molar-refractivity contribution in [3.8, 4) is 0 Å². The standard InChI is InChI=1S/C16H15BrF3N3S/c1-23(12-6-4-5-11(9-12)16(18,19)20)15(21)22-13-7-2-3-8-14(13)24-10-17/h2-9H,10H2,1H3,(H2,21,22). The molecule has 0 aliphatic heterocycles. The molecule has 0 aliphatic rings. The van der Waals surface area contributed by atoms with Crippen LogP contribution in [0.15, 0.2) is 58.4 Å². The Hall–Kier alpha value is -1.67. The van der Waals surface area contributed by atoms with Crippen molar-refractivity contribution < 1.29 is 13.2 Å². The highest BCUT2D eigenvalue weighted by atomic mass is 79.9. The van der Waals surface area contributed by atoms with E-state index in [0.29, 0.717) is 16.0 Å². The van der Waals surface area contributed by atoms with Gasteiger partial charge in [0.2, 0.25) is 5.96 Å². The molecule has 8 heteroatoms. The molecule has 0 saturated carbocycles. The number of aliphatic imine (C=N–C) groups is 1. The zero-order chi connectivity index (χ0) is 17.7. The largest absolute Gasteiger partial charge is 0.416 e. The predicted octanol–water partition coefficient (Wildman–Crippen LogP) is 5.23. The lowest BCUT2D eigenvalue weighted by Gasteiger charge is -2.20. The number of nitrogens with two attached hydrogens (primary N) is 1. The van der Waals surface area contributed by atoms with Crippen LogP contribution in [0.25, 0.3) is 0 Å². The molecule has 0 spiro atoms. The van der Waals surface area contributed by atoms with E-state index in [0.717, 1.165) is 17.0 Å². The van der Waals surface area contributed by atoms with Crippen LogP contribution in [0.2, 0.25) is 0 Å². The molecule has 128 valence electrons. The third kappa shape index (κ3) is 4.67. The van der Waals surface area contributed by atoms with E-state index in [9.17, 15) is 13.2 Å². The molecule has 0 aliphatic carbocycles. The average Bonchev–Trinajstić information content (AvgIpc) is 2.55. The minimum absolute atomic E-state index is 0.108. The molecular weight excluding hydrogens is 403 g/mol. The van der Waals surface area contributed by atoms with Crippen molar-refractivity contribution in [2.75, 3.05) is 16.6 Å². The number of anilines is 1. The van der Waals surface area contributed by atoms with E-state index in [-0.39, 0.29) is 5.96 Å². The summed E-state index contributed by atoms with van der Waals surface area (Å²) in [4.78, 5) is 6.69. The topological polar surface area (TPSA) is 41.6 Å². The first-order valence-electron chi connectivity index (χ1n) is 6.86. The van der Waals surface area contributed by atoms with Crippen molar-refractivity contribution in [1.29, 1.82) is 0 Å². The molecule has 3 nitrogen and oxygen atoms in total. The Kier molecular flexibility index (Phi) is 6.17. The van der Waals surface area contributed by atoms with Crippen LogP contribution in [0.3, 0.4) is 0 Å². The smallest absolute Gasteiger partial charge is 0.369 e. The highest BCUT2D eigenvalue weighted by Crippen LogP contribution is 2.32. The summed E-state index contributed by atoms with van der Waals surface area (Å²) in [6, 6.07) is 12.4. The van der Waals surface area contributed by atoms with E-state index in [1.54, 1.807) is 30.9 Å². The average molecular weight is 418 g/mol. The summed E-state index contributed by atoms with van der Waals surface area (Å²) >= 11 is 4.89. The van der Waals surface area contributed by atoms with Gasteiger partial charge in [-0.3, -0.25) is 0 Å². The van der Waals surface area contributed by atoms with Gasteiger partial charge in [0.1, 0.15) is 0 Å². The van der Waals surface area contributed by atoms with Crippen molar-refractivity contribution in [2.24, 2.45) is 10.7 Å². The zero-order valence-corrected chi connectivity index (χ0v) is 15.1. The summed E-state index contributed by atoms with van der Waals surface area (Å²) in [7, 11) is 1.58. The molecule has 0 heterocycles.